The molecular formula is C20H17N3O3S2. The summed E-state index contributed by atoms with van der Waals surface area (Å²) in [5.74, 6) is 0.179. The second kappa shape index (κ2) is 7.62. The normalized spacial score (nSPS) is 11.2. The van der Waals surface area contributed by atoms with Gasteiger partial charge in [0.1, 0.15) is 22.5 Å². The largest absolute Gasteiger partial charge is 0.277 e. The molecule has 8 heteroatoms. The zero-order chi connectivity index (χ0) is 20.5. The summed E-state index contributed by atoms with van der Waals surface area (Å²) in [5, 5.41) is 9.74. The van der Waals surface area contributed by atoms with Gasteiger partial charge in [0.15, 0.2) is 9.84 Å². The Morgan fingerprint density at radius 3 is 2.32 bits per heavy atom. The maximum atomic E-state index is 13.2. The van der Waals surface area contributed by atoms with E-state index in [1.807, 2.05) is 25.1 Å². The second-order valence-corrected chi connectivity index (χ2v) is 8.96. The Morgan fingerprint density at radius 2 is 1.75 bits per heavy atom. The number of hydrogen-bond donors (Lipinski definition) is 0. The lowest BCUT2D eigenvalue weighted by molar-refractivity contribution is 0.602. The molecule has 0 amide bonds. The highest BCUT2D eigenvalue weighted by atomic mass is 32.2. The van der Waals surface area contributed by atoms with Gasteiger partial charge in [-0.25, -0.2) is 13.4 Å². The smallest absolute Gasteiger partial charge is 0.267 e. The molecule has 3 rings (SSSR count). The summed E-state index contributed by atoms with van der Waals surface area (Å²) in [7, 11) is -3.56. The first kappa shape index (κ1) is 19.9. The minimum atomic E-state index is -3.56. The molecule has 0 aliphatic rings. The van der Waals surface area contributed by atoms with Gasteiger partial charge in [0.25, 0.3) is 5.56 Å². The molecule has 2 aromatic carbocycles. The van der Waals surface area contributed by atoms with Gasteiger partial charge in [-0.2, -0.15) is 5.26 Å². The highest BCUT2D eigenvalue weighted by Gasteiger charge is 2.23. The van der Waals surface area contributed by atoms with Gasteiger partial charge in [0.05, 0.1) is 10.6 Å². The van der Waals surface area contributed by atoms with Crippen LogP contribution in [-0.2, 0) is 9.84 Å². The maximum Gasteiger partial charge on any atom is 0.277 e. The van der Waals surface area contributed by atoms with Crippen LogP contribution < -0.4 is 5.56 Å². The monoisotopic (exact) mass is 411 g/mol. The average Bonchev–Trinajstić information content (AvgIpc) is 2.67. The van der Waals surface area contributed by atoms with Crippen molar-refractivity contribution in [1.82, 2.24) is 9.55 Å². The number of benzene rings is 2. The number of sulfone groups is 1. The molecule has 0 radical (unpaired) electrons. The van der Waals surface area contributed by atoms with Crippen LogP contribution in [0.5, 0.6) is 0 Å². The fourth-order valence-electron chi connectivity index (χ4n) is 2.83. The molecule has 0 unspecified atom stereocenters. The number of aromatic nitrogens is 2. The van der Waals surface area contributed by atoms with Crippen molar-refractivity contribution in [2.24, 2.45) is 0 Å². The van der Waals surface area contributed by atoms with Gasteiger partial charge in [-0.05, 0) is 37.4 Å². The number of thioether (sulfide) groups is 1. The molecule has 0 bridgehead atoms. The number of nitrogens with zero attached hydrogens (tertiary/aromatic N) is 3. The molecule has 3 aromatic rings. The Hall–Kier alpha value is -2.89. The summed E-state index contributed by atoms with van der Waals surface area (Å²) in [6.45, 7) is 1.92. The van der Waals surface area contributed by atoms with Gasteiger partial charge < -0.3 is 0 Å². The van der Waals surface area contributed by atoms with Crippen molar-refractivity contribution >= 4 is 21.6 Å². The molecule has 142 valence electrons. The van der Waals surface area contributed by atoms with Crippen molar-refractivity contribution in [3.05, 3.63) is 70.0 Å². The second-order valence-electron chi connectivity index (χ2n) is 6.18. The maximum absolute atomic E-state index is 13.2. The average molecular weight is 412 g/mol. The Balaban J connectivity index is 2.49. The zero-order valence-electron chi connectivity index (χ0n) is 15.5. The number of nitriles is 1. The lowest BCUT2D eigenvalue weighted by atomic mass is 10.1. The fraction of sp³-hybridized carbons (Fsp3) is 0.150. The first-order valence-corrected chi connectivity index (χ1v) is 11.4. The van der Waals surface area contributed by atoms with E-state index in [1.54, 1.807) is 36.6 Å². The van der Waals surface area contributed by atoms with Crippen molar-refractivity contribution in [3.8, 4) is 23.1 Å². The fourth-order valence-corrected chi connectivity index (χ4v) is 4.23. The molecule has 0 spiro atoms. The van der Waals surface area contributed by atoms with Crippen LogP contribution in [0.2, 0.25) is 0 Å². The van der Waals surface area contributed by atoms with Crippen molar-refractivity contribution in [2.75, 3.05) is 12.5 Å². The van der Waals surface area contributed by atoms with Crippen LogP contribution in [0.25, 0.3) is 17.1 Å². The molecule has 0 aliphatic heterocycles. The molecule has 1 heterocycles. The number of hydrogen-bond acceptors (Lipinski definition) is 6. The summed E-state index contributed by atoms with van der Waals surface area (Å²) >= 11 is 1.17. The lowest BCUT2D eigenvalue weighted by Crippen LogP contribution is -2.25. The SMILES string of the molecule is CSc1nc(-c2ccccc2S(C)(=O)=O)n(-c2ccc(C)cc2)c(=O)c1C#N. The molecule has 0 atom stereocenters. The summed E-state index contributed by atoms with van der Waals surface area (Å²) in [6, 6.07) is 15.5. The molecule has 0 N–H and O–H groups in total. The topological polar surface area (TPSA) is 92.8 Å². The van der Waals surface area contributed by atoms with E-state index in [4.69, 9.17) is 0 Å². The summed E-state index contributed by atoms with van der Waals surface area (Å²) in [6.07, 6.45) is 2.82. The predicted molar refractivity (Wildman–Crippen MR) is 110 cm³/mol. The van der Waals surface area contributed by atoms with E-state index >= 15 is 0 Å². The lowest BCUT2D eigenvalue weighted by Gasteiger charge is -2.16. The van der Waals surface area contributed by atoms with E-state index in [0.29, 0.717) is 11.3 Å². The van der Waals surface area contributed by atoms with Crippen LogP contribution in [0.3, 0.4) is 0 Å². The van der Waals surface area contributed by atoms with Crippen molar-refractivity contribution in [1.29, 1.82) is 5.26 Å². The molecule has 6 nitrogen and oxygen atoms in total. The van der Waals surface area contributed by atoms with E-state index in [2.05, 4.69) is 4.98 Å². The predicted octanol–water partition coefficient (Wildman–Crippen LogP) is 3.21. The van der Waals surface area contributed by atoms with Crippen LogP contribution >= 0.6 is 11.8 Å². The molecule has 0 aliphatic carbocycles. The molecule has 0 saturated heterocycles. The summed E-state index contributed by atoms with van der Waals surface area (Å²) < 4.78 is 25.9. The molecule has 0 fully saturated rings. The first-order chi connectivity index (χ1) is 13.3. The van der Waals surface area contributed by atoms with E-state index < -0.39 is 15.4 Å². The third-order valence-corrected chi connectivity index (χ3v) is 6.01. The van der Waals surface area contributed by atoms with E-state index in [9.17, 15) is 18.5 Å². The van der Waals surface area contributed by atoms with E-state index in [1.165, 1.54) is 22.4 Å². The third kappa shape index (κ3) is 3.59. The zero-order valence-corrected chi connectivity index (χ0v) is 17.1. The standard InChI is InChI=1S/C20H17N3O3S2/c1-13-8-10-14(11-9-13)23-18(22-19(27-2)16(12-21)20(23)24)15-6-4-5-7-17(15)28(3,25)26/h4-11H,1-3H3. The molecule has 1 aromatic heterocycles. The number of rotatable bonds is 4. The van der Waals surface area contributed by atoms with Crippen molar-refractivity contribution < 1.29 is 8.42 Å². The van der Waals surface area contributed by atoms with Gasteiger partial charge in [0.2, 0.25) is 0 Å². The van der Waals surface area contributed by atoms with Gasteiger partial charge in [0, 0.05) is 11.8 Å². The summed E-state index contributed by atoms with van der Waals surface area (Å²) in [5.41, 5.74) is 1.20. The molecule has 28 heavy (non-hydrogen) atoms. The van der Waals surface area contributed by atoms with Gasteiger partial charge in [-0.3, -0.25) is 9.36 Å². The van der Waals surface area contributed by atoms with Crippen molar-refractivity contribution in [3.63, 3.8) is 0 Å². The van der Waals surface area contributed by atoms with Crippen LogP contribution in [0.1, 0.15) is 11.1 Å². The van der Waals surface area contributed by atoms with Crippen LogP contribution in [0, 0.1) is 18.3 Å². The first-order valence-electron chi connectivity index (χ1n) is 8.25. The van der Waals surface area contributed by atoms with Crippen LogP contribution in [0.4, 0.5) is 0 Å². The van der Waals surface area contributed by atoms with E-state index in [-0.39, 0.29) is 21.3 Å². The van der Waals surface area contributed by atoms with Crippen LogP contribution in [0.15, 0.2) is 63.2 Å². The molecular weight excluding hydrogens is 394 g/mol. The van der Waals surface area contributed by atoms with E-state index in [0.717, 1.165) is 11.8 Å². The quantitative estimate of drug-likeness (QED) is 0.483. The minimum absolute atomic E-state index is 0.0690. The Labute approximate surface area is 167 Å². The van der Waals surface area contributed by atoms with Gasteiger partial charge in [-0.15, -0.1) is 11.8 Å². The van der Waals surface area contributed by atoms with Gasteiger partial charge in [-0.1, -0.05) is 29.8 Å². The Kier molecular flexibility index (Phi) is 5.40. The Morgan fingerprint density at radius 1 is 1.11 bits per heavy atom. The van der Waals surface area contributed by atoms with Crippen molar-refractivity contribution in [2.45, 2.75) is 16.8 Å². The summed E-state index contributed by atoms with van der Waals surface area (Å²) in [4.78, 5) is 17.7. The molecule has 0 saturated carbocycles. The number of aryl methyl sites for hydroxylation is 1. The highest BCUT2D eigenvalue weighted by Crippen LogP contribution is 2.29. The Bertz CT molecular complexity index is 1260. The van der Waals surface area contributed by atoms with Gasteiger partial charge >= 0.3 is 0 Å². The highest BCUT2D eigenvalue weighted by molar-refractivity contribution is 7.98. The minimum Gasteiger partial charge on any atom is -0.267 e. The third-order valence-electron chi connectivity index (χ3n) is 4.17. The van der Waals surface area contributed by atoms with Crippen LogP contribution in [-0.4, -0.2) is 30.5 Å².